The van der Waals surface area contributed by atoms with Crippen LogP contribution in [0.2, 0.25) is 10.0 Å². The first kappa shape index (κ1) is 25.2. The highest BCUT2D eigenvalue weighted by molar-refractivity contribution is 6.37. The zero-order chi connectivity index (χ0) is 24.0. The maximum absolute atomic E-state index is 11.1. The van der Waals surface area contributed by atoms with Gasteiger partial charge >= 0.3 is 0 Å². The van der Waals surface area contributed by atoms with Crippen molar-refractivity contribution in [3.8, 4) is 11.5 Å². The number of halogens is 3. The highest BCUT2D eigenvalue weighted by Gasteiger charge is 2.25. The minimum absolute atomic E-state index is 0.186. The van der Waals surface area contributed by atoms with Gasteiger partial charge in [0, 0.05) is 24.3 Å². The lowest BCUT2D eigenvalue weighted by Crippen LogP contribution is -2.19. The molecule has 6 nitrogen and oxygen atoms in total. The molecule has 0 saturated carbocycles. The van der Waals surface area contributed by atoms with Crippen LogP contribution in [0.15, 0.2) is 47.0 Å². The Kier molecular flexibility index (Phi) is 8.51. The Balaban J connectivity index is 1.69. The third kappa shape index (κ3) is 6.56. The van der Waals surface area contributed by atoms with Gasteiger partial charge in [0.15, 0.2) is 17.3 Å². The maximum Gasteiger partial charge on any atom is 0.222 e. The van der Waals surface area contributed by atoms with Gasteiger partial charge in [-0.1, -0.05) is 54.3 Å². The van der Waals surface area contributed by atoms with Crippen molar-refractivity contribution in [3.05, 3.63) is 69.4 Å². The smallest absolute Gasteiger partial charge is 0.222 e. The predicted octanol–water partition coefficient (Wildman–Crippen LogP) is 6.85. The predicted molar refractivity (Wildman–Crippen MR) is 131 cm³/mol. The number of aromatic nitrogens is 1. The van der Waals surface area contributed by atoms with Crippen LogP contribution in [0.3, 0.4) is 0 Å². The van der Waals surface area contributed by atoms with Crippen LogP contribution in [0.5, 0.6) is 11.5 Å². The SMILES string of the molecule is CC(=O)Nc1cc(COc2ccc(C(C)(C)c3cc(Cl)c(OCCCCl)c(Cl)c3)cc2)on1. The van der Waals surface area contributed by atoms with Gasteiger partial charge in [-0.05, 0) is 41.8 Å². The molecular formula is C24H25Cl3N2O4. The number of alkyl halides is 1. The van der Waals surface area contributed by atoms with Gasteiger partial charge in [-0.25, -0.2) is 0 Å². The molecular weight excluding hydrogens is 487 g/mol. The fourth-order valence-electron chi connectivity index (χ4n) is 3.20. The van der Waals surface area contributed by atoms with Gasteiger partial charge < -0.3 is 19.3 Å². The summed E-state index contributed by atoms with van der Waals surface area (Å²) in [7, 11) is 0. The van der Waals surface area contributed by atoms with Gasteiger partial charge in [0.25, 0.3) is 0 Å². The number of rotatable bonds is 10. The number of carbonyl (C=O) groups excluding carboxylic acids is 1. The molecule has 3 aromatic rings. The molecule has 33 heavy (non-hydrogen) atoms. The van der Waals surface area contributed by atoms with Gasteiger partial charge in [-0.3, -0.25) is 4.79 Å². The highest BCUT2D eigenvalue weighted by Crippen LogP contribution is 2.40. The van der Waals surface area contributed by atoms with Crippen LogP contribution < -0.4 is 14.8 Å². The minimum Gasteiger partial charge on any atom is -0.490 e. The number of hydrogen-bond acceptors (Lipinski definition) is 5. The Morgan fingerprint density at radius 2 is 1.73 bits per heavy atom. The second-order valence-corrected chi connectivity index (χ2v) is 9.15. The second kappa shape index (κ2) is 11.1. The van der Waals surface area contributed by atoms with Crippen molar-refractivity contribution in [1.82, 2.24) is 5.16 Å². The van der Waals surface area contributed by atoms with E-state index in [9.17, 15) is 4.79 Å². The summed E-state index contributed by atoms with van der Waals surface area (Å²) in [6, 6.07) is 13.1. The third-order valence-corrected chi connectivity index (χ3v) is 5.89. The molecule has 1 aromatic heterocycles. The van der Waals surface area contributed by atoms with Crippen molar-refractivity contribution >= 4 is 46.5 Å². The minimum atomic E-state index is -0.362. The van der Waals surface area contributed by atoms with Gasteiger partial charge in [0.2, 0.25) is 5.91 Å². The van der Waals surface area contributed by atoms with Crippen LogP contribution >= 0.6 is 34.8 Å². The summed E-state index contributed by atoms with van der Waals surface area (Å²) in [5.74, 6) is 2.29. The molecule has 2 aromatic carbocycles. The first-order chi connectivity index (χ1) is 15.7. The molecule has 0 saturated heterocycles. The molecule has 0 aliphatic carbocycles. The maximum atomic E-state index is 11.1. The molecule has 0 aliphatic heterocycles. The van der Waals surface area contributed by atoms with E-state index in [1.807, 2.05) is 36.4 Å². The van der Waals surface area contributed by atoms with Crippen LogP contribution in [-0.4, -0.2) is 23.6 Å². The molecule has 1 amide bonds. The number of hydrogen-bond donors (Lipinski definition) is 1. The van der Waals surface area contributed by atoms with E-state index in [1.165, 1.54) is 6.92 Å². The van der Waals surface area contributed by atoms with Gasteiger partial charge in [-0.15, -0.1) is 11.6 Å². The molecule has 0 fully saturated rings. The van der Waals surface area contributed by atoms with E-state index in [-0.39, 0.29) is 17.9 Å². The number of carbonyl (C=O) groups is 1. The average molecular weight is 512 g/mol. The Hall–Kier alpha value is -2.41. The van der Waals surface area contributed by atoms with Crippen LogP contribution in [-0.2, 0) is 16.8 Å². The molecule has 0 aliphatic rings. The lowest BCUT2D eigenvalue weighted by Gasteiger charge is -2.27. The Bertz CT molecular complexity index is 1070. The number of ether oxygens (including phenoxy) is 2. The first-order valence-corrected chi connectivity index (χ1v) is 11.6. The Morgan fingerprint density at radius 3 is 2.33 bits per heavy atom. The quantitative estimate of drug-likeness (QED) is 0.238. The number of amides is 1. The van der Waals surface area contributed by atoms with Crippen LogP contribution in [0.1, 0.15) is 44.1 Å². The summed E-state index contributed by atoms with van der Waals surface area (Å²) >= 11 is 18.6. The molecule has 0 unspecified atom stereocenters. The van der Waals surface area contributed by atoms with E-state index in [2.05, 4.69) is 24.3 Å². The number of nitrogens with zero attached hydrogens (tertiary/aromatic N) is 1. The summed E-state index contributed by atoms with van der Waals surface area (Å²) in [5.41, 5.74) is 1.66. The van der Waals surface area contributed by atoms with Crippen molar-refractivity contribution in [3.63, 3.8) is 0 Å². The lowest BCUT2D eigenvalue weighted by molar-refractivity contribution is -0.114. The molecule has 0 spiro atoms. The van der Waals surface area contributed by atoms with Crippen LogP contribution in [0, 0.1) is 0 Å². The fraction of sp³-hybridized carbons (Fsp3) is 0.333. The molecule has 0 bridgehead atoms. The summed E-state index contributed by atoms with van der Waals surface area (Å²) in [4.78, 5) is 11.1. The molecule has 1 N–H and O–H groups in total. The number of benzene rings is 2. The van der Waals surface area contributed by atoms with E-state index in [0.29, 0.717) is 52.0 Å². The van der Waals surface area contributed by atoms with Crippen LogP contribution in [0.4, 0.5) is 5.82 Å². The van der Waals surface area contributed by atoms with Crippen molar-refractivity contribution in [2.24, 2.45) is 0 Å². The summed E-state index contributed by atoms with van der Waals surface area (Å²) in [6.45, 7) is 6.23. The van der Waals surface area contributed by atoms with E-state index in [4.69, 9.17) is 48.8 Å². The van der Waals surface area contributed by atoms with E-state index >= 15 is 0 Å². The molecule has 9 heteroatoms. The van der Waals surface area contributed by atoms with Crippen LogP contribution in [0.25, 0.3) is 0 Å². The largest absolute Gasteiger partial charge is 0.490 e. The highest BCUT2D eigenvalue weighted by atomic mass is 35.5. The third-order valence-electron chi connectivity index (χ3n) is 5.06. The Morgan fingerprint density at radius 1 is 1.06 bits per heavy atom. The van der Waals surface area contributed by atoms with Crippen molar-refractivity contribution in [2.75, 3.05) is 17.8 Å². The summed E-state index contributed by atoms with van der Waals surface area (Å²) in [6.07, 6.45) is 0.711. The van der Waals surface area contributed by atoms with Gasteiger partial charge in [0.05, 0.1) is 16.7 Å². The first-order valence-electron chi connectivity index (χ1n) is 10.4. The summed E-state index contributed by atoms with van der Waals surface area (Å²) < 4.78 is 16.6. The second-order valence-electron chi connectivity index (χ2n) is 7.96. The van der Waals surface area contributed by atoms with Gasteiger partial charge in [-0.2, -0.15) is 0 Å². The molecule has 0 atom stereocenters. The van der Waals surface area contributed by atoms with Crippen molar-refractivity contribution in [2.45, 2.75) is 39.2 Å². The number of anilines is 1. The topological polar surface area (TPSA) is 73.6 Å². The lowest BCUT2D eigenvalue weighted by atomic mass is 9.78. The van der Waals surface area contributed by atoms with Crippen molar-refractivity contribution < 1.29 is 18.8 Å². The Labute approximate surface area is 208 Å². The summed E-state index contributed by atoms with van der Waals surface area (Å²) in [5, 5.41) is 7.25. The van der Waals surface area contributed by atoms with Crippen molar-refractivity contribution in [1.29, 1.82) is 0 Å². The standard InChI is InChI=1S/C24H25Cl3N2O4/c1-15(30)28-22-13-19(33-29-22)14-32-18-7-5-16(6-8-18)24(2,3)17-11-20(26)23(21(27)12-17)31-10-4-9-25/h5-8,11-13H,4,9-10,14H2,1-3H3,(H,28,29,30). The molecule has 1 heterocycles. The zero-order valence-corrected chi connectivity index (χ0v) is 20.9. The normalized spacial score (nSPS) is 11.3. The van der Waals surface area contributed by atoms with E-state index < -0.39 is 0 Å². The fourth-order valence-corrected chi connectivity index (χ4v) is 3.90. The number of nitrogens with one attached hydrogen (secondary N) is 1. The van der Waals surface area contributed by atoms with Gasteiger partial charge in [0.1, 0.15) is 12.4 Å². The average Bonchev–Trinajstić information content (AvgIpc) is 3.21. The molecule has 3 rings (SSSR count). The molecule has 0 radical (unpaired) electrons. The van der Waals surface area contributed by atoms with E-state index in [1.54, 1.807) is 6.07 Å². The zero-order valence-electron chi connectivity index (χ0n) is 18.6. The molecule has 176 valence electrons. The van der Waals surface area contributed by atoms with E-state index in [0.717, 1.165) is 11.1 Å². The monoisotopic (exact) mass is 510 g/mol.